The average Bonchev–Trinajstić information content (AvgIpc) is 2.23. The van der Waals surface area contributed by atoms with Crippen molar-refractivity contribution >= 4 is 11.8 Å². The van der Waals surface area contributed by atoms with Gasteiger partial charge in [-0.25, -0.2) is 4.79 Å². The Bertz CT molecular complexity index is 259. The van der Waals surface area contributed by atoms with Crippen molar-refractivity contribution in [3.63, 3.8) is 0 Å². The number of ketones is 1. The number of aliphatic hydroxyl groups excluding tert-OH is 3. The molecule has 7 nitrogen and oxygen atoms in total. The fraction of sp³-hybridized carbons (Fsp3) is 0.778. The van der Waals surface area contributed by atoms with Gasteiger partial charge in [0.25, 0.3) is 0 Å². The van der Waals surface area contributed by atoms with Gasteiger partial charge in [0.15, 0.2) is 0 Å². The molecule has 0 aromatic heterocycles. The summed E-state index contributed by atoms with van der Waals surface area (Å²) < 4.78 is 4.40. The number of hydrogen-bond donors (Lipinski definition) is 4. The third kappa shape index (κ3) is 3.86. The molecule has 0 aromatic rings. The van der Waals surface area contributed by atoms with Crippen LogP contribution in [-0.2, 0) is 14.3 Å². The summed E-state index contributed by atoms with van der Waals surface area (Å²) in [5.74, 6) is -2.39. The molecule has 0 saturated carbocycles. The molecule has 0 heterocycles. The summed E-state index contributed by atoms with van der Waals surface area (Å²) in [5.41, 5.74) is -2.47. The summed E-state index contributed by atoms with van der Waals surface area (Å²) in [6.07, 6.45) is -2.79. The topological polar surface area (TPSA) is 124 Å². The Hall–Kier alpha value is -1.02. The zero-order chi connectivity index (χ0) is 12.9. The van der Waals surface area contributed by atoms with Gasteiger partial charge in [-0.1, -0.05) is 0 Å². The third-order valence-corrected chi connectivity index (χ3v) is 1.87. The second kappa shape index (κ2) is 5.90. The van der Waals surface area contributed by atoms with Gasteiger partial charge < -0.3 is 25.2 Å². The molecule has 0 aliphatic carbocycles. The third-order valence-electron chi connectivity index (χ3n) is 1.87. The lowest BCUT2D eigenvalue weighted by atomic mass is 9.98. The summed E-state index contributed by atoms with van der Waals surface area (Å²) in [6.45, 7) is 0.834. The van der Waals surface area contributed by atoms with E-state index in [0.29, 0.717) is 0 Å². The molecule has 3 unspecified atom stereocenters. The zero-order valence-corrected chi connectivity index (χ0v) is 9.08. The van der Waals surface area contributed by atoms with Crippen LogP contribution in [0.1, 0.15) is 13.8 Å². The standard InChI is InChI=1S/C9H16O7/c1-5(11)7(13)9(2,15)8(14)16-4-6(12)3-10/h5-6,10-12,15H,3-4H2,1-2H3. The average molecular weight is 236 g/mol. The Morgan fingerprint density at radius 1 is 1.38 bits per heavy atom. The van der Waals surface area contributed by atoms with Crippen molar-refractivity contribution in [3.05, 3.63) is 0 Å². The molecule has 0 rings (SSSR count). The van der Waals surface area contributed by atoms with Crippen molar-refractivity contribution in [3.8, 4) is 0 Å². The van der Waals surface area contributed by atoms with Gasteiger partial charge in [-0.05, 0) is 13.8 Å². The monoisotopic (exact) mass is 236 g/mol. The molecular weight excluding hydrogens is 220 g/mol. The Morgan fingerprint density at radius 2 is 1.88 bits per heavy atom. The van der Waals surface area contributed by atoms with E-state index in [0.717, 1.165) is 13.8 Å². The lowest BCUT2D eigenvalue weighted by Crippen LogP contribution is -2.49. The number of Topliss-reactive ketones (excluding diaryl/α,β-unsaturated/α-hetero) is 1. The Labute approximate surface area is 92.3 Å². The molecule has 0 amide bonds. The van der Waals surface area contributed by atoms with Crippen LogP contribution in [0.25, 0.3) is 0 Å². The van der Waals surface area contributed by atoms with Crippen LogP contribution in [0.3, 0.4) is 0 Å². The highest BCUT2D eigenvalue weighted by molar-refractivity contribution is 6.08. The predicted octanol–water partition coefficient (Wildman–Crippen LogP) is -2.42. The first-order valence-corrected chi connectivity index (χ1v) is 4.64. The van der Waals surface area contributed by atoms with Crippen LogP contribution in [-0.4, -0.2) is 63.2 Å². The number of carbonyl (C=O) groups is 2. The number of ether oxygens (including phenoxy) is 1. The highest BCUT2D eigenvalue weighted by Gasteiger charge is 2.42. The van der Waals surface area contributed by atoms with Gasteiger partial charge in [-0.15, -0.1) is 0 Å². The first-order chi connectivity index (χ1) is 7.23. The molecular formula is C9H16O7. The summed E-state index contributed by atoms with van der Waals surface area (Å²) in [7, 11) is 0. The maximum absolute atomic E-state index is 11.2. The molecule has 0 fully saturated rings. The van der Waals surface area contributed by atoms with Crippen molar-refractivity contribution < 1.29 is 34.8 Å². The van der Waals surface area contributed by atoms with E-state index < -0.39 is 42.8 Å². The lowest BCUT2D eigenvalue weighted by Gasteiger charge is -2.21. The molecule has 0 bridgehead atoms. The van der Waals surface area contributed by atoms with E-state index in [-0.39, 0.29) is 0 Å². The minimum absolute atomic E-state index is 0.543. The van der Waals surface area contributed by atoms with E-state index in [9.17, 15) is 14.7 Å². The number of aliphatic hydroxyl groups is 4. The maximum atomic E-state index is 11.2. The van der Waals surface area contributed by atoms with Gasteiger partial charge >= 0.3 is 5.97 Å². The van der Waals surface area contributed by atoms with E-state index in [1.165, 1.54) is 0 Å². The number of carbonyl (C=O) groups excluding carboxylic acids is 2. The van der Waals surface area contributed by atoms with Crippen molar-refractivity contribution in [1.29, 1.82) is 0 Å². The van der Waals surface area contributed by atoms with E-state index in [2.05, 4.69) is 4.74 Å². The van der Waals surface area contributed by atoms with Gasteiger partial charge in [-0.3, -0.25) is 4.79 Å². The highest BCUT2D eigenvalue weighted by atomic mass is 16.6. The SMILES string of the molecule is CC(O)C(=O)C(C)(O)C(=O)OCC(O)CO. The van der Waals surface area contributed by atoms with Gasteiger partial charge in [0.1, 0.15) is 18.8 Å². The van der Waals surface area contributed by atoms with Gasteiger partial charge in [0.05, 0.1) is 6.61 Å². The normalized spacial score (nSPS) is 18.4. The first-order valence-electron chi connectivity index (χ1n) is 4.64. The number of esters is 1. The van der Waals surface area contributed by atoms with Crippen LogP contribution in [0, 0.1) is 0 Å². The van der Waals surface area contributed by atoms with Gasteiger partial charge in [-0.2, -0.15) is 0 Å². The van der Waals surface area contributed by atoms with E-state index in [1.54, 1.807) is 0 Å². The smallest absolute Gasteiger partial charge is 0.345 e. The Kier molecular flexibility index (Phi) is 5.52. The van der Waals surface area contributed by atoms with Crippen LogP contribution in [0.4, 0.5) is 0 Å². The first kappa shape index (κ1) is 15.0. The molecule has 0 saturated heterocycles. The Balaban J connectivity index is 4.41. The minimum Gasteiger partial charge on any atom is -0.460 e. The second-order valence-electron chi connectivity index (χ2n) is 3.55. The Morgan fingerprint density at radius 3 is 2.25 bits per heavy atom. The molecule has 16 heavy (non-hydrogen) atoms. The van der Waals surface area contributed by atoms with E-state index in [1.807, 2.05) is 0 Å². The maximum Gasteiger partial charge on any atom is 0.345 e. The van der Waals surface area contributed by atoms with Gasteiger partial charge in [0, 0.05) is 0 Å². The summed E-state index contributed by atoms with van der Waals surface area (Å²) in [5, 5.41) is 35.7. The summed E-state index contributed by atoms with van der Waals surface area (Å²) in [6, 6.07) is 0. The minimum atomic E-state index is -2.47. The quantitative estimate of drug-likeness (QED) is 0.299. The van der Waals surface area contributed by atoms with E-state index >= 15 is 0 Å². The molecule has 4 N–H and O–H groups in total. The van der Waals surface area contributed by atoms with Gasteiger partial charge in [0.2, 0.25) is 11.4 Å². The molecule has 7 heteroatoms. The zero-order valence-electron chi connectivity index (χ0n) is 9.08. The van der Waals surface area contributed by atoms with Crippen LogP contribution in [0.2, 0.25) is 0 Å². The molecule has 0 spiro atoms. The molecule has 94 valence electrons. The van der Waals surface area contributed by atoms with Crippen molar-refractivity contribution in [2.45, 2.75) is 31.7 Å². The van der Waals surface area contributed by atoms with Crippen molar-refractivity contribution in [2.24, 2.45) is 0 Å². The fourth-order valence-corrected chi connectivity index (χ4v) is 0.872. The predicted molar refractivity (Wildman–Crippen MR) is 51.4 cm³/mol. The highest BCUT2D eigenvalue weighted by Crippen LogP contribution is 2.10. The molecule has 0 aliphatic heterocycles. The lowest BCUT2D eigenvalue weighted by molar-refractivity contribution is -0.174. The molecule has 0 aliphatic rings. The number of rotatable bonds is 6. The van der Waals surface area contributed by atoms with Crippen molar-refractivity contribution in [2.75, 3.05) is 13.2 Å². The van der Waals surface area contributed by atoms with Crippen molar-refractivity contribution in [1.82, 2.24) is 0 Å². The van der Waals surface area contributed by atoms with Crippen LogP contribution < -0.4 is 0 Å². The largest absolute Gasteiger partial charge is 0.460 e. The van der Waals surface area contributed by atoms with Crippen LogP contribution >= 0.6 is 0 Å². The fourth-order valence-electron chi connectivity index (χ4n) is 0.872. The molecule has 0 aromatic carbocycles. The van der Waals surface area contributed by atoms with Crippen LogP contribution in [0.5, 0.6) is 0 Å². The summed E-state index contributed by atoms with van der Waals surface area (Å²) in [4.78, 5) is 22.4. The number of hydrogen-bond acceptors (Lipinski definition) is 7. The molecule has 0 radical (unpaired) electrons. The second-order valence-corrected chi connectivity index (χ2v) is 3.55. The summed E-state index contributed by atoms with van der Waals surface area (Å²) >= 11 is 0. The molecule has 3 atom stereocenters. The van der Waals surface area contributed by atoms with Crippen LogP contribution in [0.15, 0.2) is 0 Å². The van der Waals surface area contributed by atoms with E-state index in [4.69, 9.17) is 15.3 Å².